The number of aromatic nitrogens is 3. The molecule has 0 atom stereocenters. The van der Waals surface area contributed by atoms with E-state index in [-0.39, 0.29) is 16.5 Å². The monoisotopic (exact) mass is 396 g/mol. The molecule has 1 N–H and O–H groups in total. The van der Waals surface area contributed by atoms with Crippen LogP contribution in [0.2, 0.25) is 5.02 Å². The van der Waals surface area contributed by atoms with Crippen LogP contribution in [-0.4, -0.2) is 50.6 Å². The molecule has 10 heteroatoms. The summed E-state index contributed by atoms with van der Waals surface area (Å²) in [5, 5.41) is 0.169. The van der Waals surface area contributed by atoms with Crippen molar-refractivity contribution >= 4 is 33.5 Å². The molecule has 1 aliphatic heterocycles. The Morgan fingerprint density at radius 1 is 1.15 bits per heavy atom. The second-order valence-electron chi connectivity index (χ2n) is 6.20. The van der Waals surface area contributed by atoms with Crippen LogP contribution in [0.4, 0.5) is 11.9 Å². The third-order valence-electron chi connectivity index (χ3n) is 3.99. The van der Waals surface area contributed by atoms with E-state index < -0.39 is 10.0 Å². The van der Waals surface area contributed by atoms with E-state index >= 15 is 0 Å². The molecule has 3 rings (SSSR count). The molecule has 1 aromatic carbocycles. The fourth-order valence-corrected chi connectivity index (χ4v) is 4.13. The van der Waals surface area contributed by atoms with Crippen LogP contribution >= 0.6 is 11.6 Å². The Hall–Kier alpha value is -1.97. The molecule has 26 heavy (non-hydrogen) atoms. The van der Waals surface area contributed by atoms with Crippen molar-refractivity contribution in [3.63, 3.8) is 0 Å². The van der Waals surface area contributed by atoms with Crippen molar-refractivity contribution in [1.29, 1.82) is 0 Å². The molecular formula is C16H21ClN6O2S. The Morgan fingerprint density at radius 3 is 2.50 bits per heavy atom. The van der Waals surface area contributed by atoms with Crippen molar-refractivity contribution in [3.05, 3.63) is 35.1 Å². The van der Waals surface area contributed by atoms with E-state index in [1.54, 1.807) is 17.0 Å². The van der Waals surface area contributed by atoms with Crippen LogP contribution in [0.25, 0.3) is 0 Å². The minimum absolute atomic E-state index is 0.0309. The van der Waals surface area contributed by atoms with Crippen molar-refractivity contribution in [2.45, 2.75) is 24.3 Å². The zero-order chi connectivity index (χ0) is 18.7. The smallest absolute Gasteiger partial charge is 0.242 e. The van der Waals surface area contributed by atoms with Crippen molar-refractivity contribution in [2.75, 3.05) is 37.0 Å². The van der Waals surface area contributed by atoms with Gasteiger partial charge in [0.05, 0.1) is 11.6 Å². The Labute approximate surface area is 158 Å². The molecule has 140 valence electrons. The van der Waals surface area contributed by atoms with Crippen LogP contribution < -0.4 is 14.5 Å². The number of rotatable bonds is 6. The van der Waals surface area contributed by atoms with Gasteiger partial charge in [0.15, 0.2) is 5.82 Å². The van der Waals surface area contributed by atoms with Gasteiger partial charge in [-0.2, -0.15) is 15.0 Å². The molecule has 1 aliphatic rings. The topological polar surface area (TPSA) is 91.3 Å². The van der Waals surface area contributed by atoms with Gasteiger partial charge in [0.25, 0.3) is 0 Å². The number of hydrogen-bond acceptors (Lipinski definition) is 7. The first-order chi connectivity index (χ1) is 12.4. The quantitative estimate of drug-likeness (QED) is 0.793. The lowest BCUT2D eigenvalue weighted by Crippen LogP contribution is -2.27. The SMILES string of the molecule is CN(C)c1nc(CNS(=O)(=O)c2ccccc2Cl)nc(N2CCCC2)n1. The first kappa shape index (κ1) is 18.8. The summed E-state index contributed by atoms with van der Waals surface area (Å²) in [4.78, 5) is 17.1. The standard InChI is InChI=1S/C16H21ClN6O2S/c1-22(2)15-19-14(20-16(21-15)23-9-5-6-10-23)11-18-26(24,25)13-8-4-3-7-12(13)17/h3-4,7-8,18H,5-6,9-11H2,1-2H3. The van der Waals surface area contributed by atoms with Gasteiger partial charge in [-0.25, -0.2) is 13.1 Å². The third-order valence-corrected chi connectivity index (χ3v) is 5.89. The largest absolute Gasteiger partial charge is 0.347 e. The summed E-state index contributed by atoms with van der Waals surface area (Å²) in [6, 6.07) is 6.30. The maximum absolute atomic E-state index is 12.5. The van der Waals surface area contributed by atoms with Crippen molar-refractivity contribution < 1.29 is 8.42 Å². The highest BCUT2D eigenvalue weighted by Gasteiger charge is 2.20. The number of halogens is 1. The Balaban J connectivity index is 1.84. The van der Waals surface area contributed by atoms with Crippen molar-refractivity contribution in [1.82, 2.24) is 19.7 Å². The molecule has 0 unspecified atom stereocenters. The van der Waals surface area contributed by atoms with E-state index in [1.807, 2.05) is 14.1 Å². The van der Waals surface area contributed by atoms with E-state index in [0.717, 1.165) is 25.9 Å². The van der Waals surface area contributed by atoms with Crippen molar-refractivity contribution in [3.8, 4) is 0 Å². The Morgan fingerprint density at radius 2 is 1.85 bits per heavy atom. The zero-order valence-corrected chi connectivity index (χ0v) is 16.3. The summed E-state index contributed by atoms with van der Waals surface area (Å²) in [7, 11) is -0.0955. The summed E-state index contributed by atoms with van der Waals surface area (Å²) in [5.41, 5.74) is 0. The molecule has 0 amide bonds. The van der Waals surface area contributed by atoms with Gasteiger partial charge in [0, 0.05) is 27.2 Å². The van der Waals surface area contributed by atoms with Gasteiger partial charge in [-0.15, -0.1) is 0 Å². The highest BCUT2D eigenvalue weighted by atomic mass is 35.5. The summed E-state index contributed by atoms with van der Waals surface area (Å²) < 4.78 is 27.5. The summed E-state index contributed by atoms with van der Waals surface area (Å²) >= 11 is 5.99. The molecule has 1 aromatic heterocycles. The molecule has 0 bridgehead atoms. The number of sulfonamides is 1. The van der Waals surface area contributed by atoms with E-state index in [0.29, 0.717) is 17.7 Å². The molecule has 2 aromatic rings. The van der Waals surface area contributed by atoms with Gasteiger partial charge in [-0.3, -0.25) is 0 Å². The summed E-state index contributed by atoms with van der Waals surface area (Å²) in [6.45, 7) is 1.74. The van der Waals surface area contributed by atoms with Gasteiger partial charge in [0.2, 0.25) is 21.9 Å². The average molecular weight is 397 g/mol. The predicted octanol–water partition coefficient (Wildman–Crippen LogP) is 1.67. The number of nitrogens with zero attached hydrogens (tertiary/aromatic N) is 5. The Bertz CT molecular complexity index is 884. The number of benzene rings is 1. The summed E-state index contributed by atoms with van der Waals surface area (Å²) in [6.07, 6.45) is 2.19. The van der Waals surface area contributed by atoms with Crippen LogP contribution in [0.1, 0.15) is 18.7 Å². The molecule has 0 radical (unpaired) electrons. The van der Waals surface area contributed by atoms with E-state index in [4.69, 9.17) is 11.6 Å². The van der Waals surface area contributed by atoms with Crippen molar-refractivity contribution in [2.24, 2.45) is 0 Å². The Kier molecular flexibility index (Phi) is 5.59. The number of anilines is 2. The van der Waals surface area contributed by atoms with Gasteiger partial charge in [0.1, 0.15) is 4.90 Å². The highest BCUT2D eigenvalue weighted by molar-refractivity contribution is 7.89. The molecule has 2 heterocycles. The van der Waals surface area contributed by atoms with Gasteiger partial charge in [-0.05, 0) is 25.0 Å². The fourth-order valence-electron chi connectivity index (χ4n) is 2.63. The third kappa shape index (κ3) is 4.22. The molecule has 1 saturated heterocycles. The maximum Gasteiger partial charge on any atom is 0.242 e. The van der Waals surface area contributed by atoms with Crippen LogP contribution in [0.15, 0.2) is 29.2 Å². The first-order valence-corrected chi connectivity index (χ1v) is 10.1. The van der Waals surface area contributed by atoms with Crippen LogP contribution in [-0.2, 0) is 16.6 Å². The summed E-state index contributed by atoms with van der Waals surface area (Å²) in [5.74, 6) is 1.43. The number of hydrogen-bond donors (Lipinski definition) is 1. The lowest BCUT2D eigenvalue weighted by molar-refractivity contribution is 0.579. The maximum atomic E-state index is 12.5. The average Bonchev–Trinajstić information content (AvgIpc) is 3.15. The molecule has 0 saturated carbocycles. The van der Waals surface area contributed by atoms with E-state index in [1.165, 1.54) is 12.1 Å². The molecular weight excluding hydrogens is 376 g/mol. The molecule has 0 aliphatic carbocycles. The lowest BCUT2D eigenvalue weighted by Gasteiger charge is -2.19. The fraction of sp³-hybridized carbons (Fsp3) is 0.438. The number of nitrogens with one attached hydrogen (secondary N) is 1. The van der Waals surface area contributed by atoms with Gasteiger partial charge < -0.3 is 9.80 Å². The van der Waals surface area contributed by atoms with Gasteiger partial charge in [-0.1, -0.05) is 23.7 Å². The minimum Gasteiger partial charge on any atom is -0.347 e. The van der Waals surface area contributed by atoms with Crippen LogP contribution in [0, 0.1) is 0 Å². The first-order valence-electron chi connectivity index (χ1n) is 8.28. The second-order valence-corrected chi connectivity index (χ2v) is 8.34. The molecule has 1 fully saturated rings. The molecule has 0 spiro atoms. The normalized spacial score (nSPS) is 14.7. The van der Waals surface area contributed by atoms with Gasteiger partial charge >= 0.3 is 0 Å². The predicted molar refractivity (Wildman–Crippen MR) is 101 cm³/mol. The minimum atomic E-state index is -3.76. The van der Waals surface area contributed by atoms with E-state index in [9.17, 15) is 8.42 Å². The van der Waals surface area contributed by atoms with Crippen LogP contribution in [0.3, 0.4) is 0 Å². The lowest BCUT2D eigenvalue weighted by atomic mass is 10.4. The molecule has 8 nitrogen and oxygen atoms in total. The second kappa shape index (κ2) is 7.73. The zero-order valence-electron chi connectivity index (χ0n) is 14.7. The van der Waals surface area contributed by atoms with E-state index in [2.05, 4.69) is 24.6 Å². The highest BCUT2D eigenvalue weighted by Crippen LogP contribution is 2.21. The van der Waals surface area contributed by atoms with Crippen LogP contribution in [0.5, 0.6) is 0 Å².